The number of nitro groups is 1. The molecule has 3 aromatic rings. The van der Waals surface area contributed by atoms with E-state index in [1.807, 2.05) is 0 Å². The lowest BCUT2D eigenvalue weighted by Gasteiger charge is -2.12. The number of hydrogen-bond acceptors (Lipinski definition) is 6. The smallest absolute Gasteiger partial charge is 0.435 e. The molecule has 0 bridgehead atoms. The van der Waals surface area contributed by atoms with Crippen LogP contribution in [0.3, 0.4) is 0 Å². The van der Waals surface area contributed by atoms with Crippen molar-refractivity contribution in [3.8, 4) is 17.2 Å². The molecule has 1 N–H and O–H groups in total. The highest BCUT2D eigenvalue weighted by Gasteiger charge is 2.37. The van der Waals surface area contributed by atoms with E-state index < -0.39 is 22.7 Å². The molecule has 1 aliphatic carbocycles. The van der Waals surface area contributed by atoms with Crippen molar-refractivity contribution >= 4 is 17.3 Å². The van der Waals surface area contributed by atoms with Crippen molar-refractivity contribution in [3.05, 3.63) is 70.0 Å². The molecule has 0 radical (unpaired) electrons. The number of methoxy groups -OCH3 is 1. The molecule has 9 nitrogen and oxygen atoms in total. The van der Waals surface area contributed by atoms with Crippen molar-refractivity contribution < 1.29 is 32.4 Å². The minimum atomic E-state index is -4.57. The largest absolute Gasteiger partial charge is 0.493 e. The molecular formula is C23H21F3N4O5. The van der Waals surface area contributed by atoms with Crippen molar-refractivity contribution in [3.63, 3.8) is 0 Å². The fraction of sp³-hybridized carbons (Fsp3) is 0.304. The Labute approximate surface area is 197 Å². The van der Waals surface area contributed by atoms with Crippen LogP contribution in [-0.4, -0.2) is 27.7 Å². The molecule has 184 valence electrons. The highest BCUT2D eigenvalue weighted by molar-refractivity contribution is 5.91. The van der Waals surface area contributed by atoms with Gasteiger partial charge < -0.3 is 14.8 Å². The maximum atomic E-state index is 13.1. The van der Waals surface area contributed by atoms with Crippen LogP contribution in [0, 0.1) is 10.1 Å². The number of carbonyl (C=O) groups excluding carboxylic acids is 1. The number of ether oxygens (including phenoxy) is 2. The summed E-state index contributed by atoms with van der Waals surface area (Å²) < 4.78 is 51.3. The van der Waals surface area contributed by atoms with Crippen LogP contribution in [0.15, 0.2) is 48.5 Å². The van der Waals surface area contributed by atoms with Crippen LogP contribution in [0.5, 0.6) is 17.2 Å². The average molecular weight is 490 g/mol. The van der Waals surface area contributed by atoms with E-state index in [9.17, 15) is 28.1 Å². The van der Waals surface area contributed by atoms with Crippen LogP contribution in [-0.2, 0) is 17.5 Å². The number of benzene rings is 2. The summed E-state index contributed by atoms with van der Waals surface area (Å²) in [5, 5.41) is 17.5. The second kappa shape index (κ2) is 9.65. The normalized spacial score (nSPS) is 13.4. The van der Waals surface area contributed by atoms with Gasteiger partial charge in [-0.15, -0.1) is 0 Å². The second-order valence-corrected chi connectivity index (χ2v) is 7.97. The van der Waals surface area contributed by atoms with Gasteiger partial charge in [-0.3, -0.25) is 19.6 Å². The first-order chi connectivity index (χ1) is 16.6. The van der Waals surface area contributed by atoms with Gasteiger partial charge in [0.05, 0.1) is 23.8 Å². The number of non-ortho nitro benzene ring substituents is 1. The predicted molar refractivity (Wildman–Crippen MR) is 119 cm³/mol. The number of anilines is 1. The van der Waals surface area contributed by atoms with Gasteiger partial charge in [-0.25, -0.2) is 0 Å². The number of para-hydroxylation sites is 2. The van der Waals surface area contributed by atoms with Gasteiger partial charge in [-0.05, 0) is 31.0 Å². The molecule has 1 amide bonds. The van der Waals surface area contributed by atoms with E-state index in [4.69, 9.17) is 9.47 Å². The van der Waals surface area contributed by atoms with Gasteiger partial charge in [0.25, 0.3) is 5.69 Å². The van der Waals surface area contributed by atoms with Crippen LogP contribution in [0.25, 0.3) is 0 Å². The summed E-state index contributed by atoms with van der Waals surface area (Å²) in [6.45, 7) is -0.0623. The Hall–Kier alpha value is -4.09. The zero-order chi connectivity index (χ0) is 25.2. The zero-order valence-electron chi connectivity index (χ0n) is 18.5. The Balaban J connectivity index is 1.48. The number of nitro benzene ring substituents is 1. The molecule has 2 aromatic carbocycles. The highest BCUT2D eigenvalue weighted by atomic mass is 19.4. The summed E-state index contributed by atoms with van der Waals surface area (Å²) in [5.74, 6) is 0.289. The molecule has 1 fully saturated rings. The SMILES string of the molecule is COc1ccccc1Oc1cc(NC(=O)CCn2nc(C(F)(F)F)cc2C2CC2)cc([N+](=O)[O-])c1. The molecule has 0 spiro atoms. The number of halogens is 3. The minimum Gasteiger partial charge on any atom is -0.493 e. The molecule has 1 aromatic heterocycles. The third-order valence-corrected chi connectivity index (χ3v) is 5.33. The van der Waals surface area contributed by atoms with Crippen molar-refractivity contribution in [1.82, 2.24) is 9.78 Å². The summed E-state index contributed by atoms with van der Waals surface area (Å²) in [5.41, 5.74) is -0.747. The first-order valence-electron chi connectivity index (χ1n) is 10.7. The number of alkyl halides is 3. The summed E-state index contributed by atoms with van der Waals surface area (Å²) in [7, 11) is 1.45. The molecule has 0 unspecified atom stereocenters. The standard InChI is InChI=1S/C23H21F3N4O5/c1-34-19-4-2-3-5-20(19)35-17-11-15(10-16(12-17)30(32)33)27-22(31)8-9-29-18(14-6-7-14)13-21(28-29)23(24,25)26/h2-5,10-14H,6-9H2,1H3,(H,27,31). The van der Waals surface area contributed by atoms with Gasteiger partial charge >= 0.3 is 6.18 Å². The Morgan fingerprint density at radius 1 is 1.20 bits per heavy atom. The molecule has 12 heteroatoms. The third-order valence-electron chi connectivity index (χ3n) is 5.33. The maximum Gasteiger partial charge on any atom is 0.435 e. The molecule has 1 heterocycles. The van der Waals surface area contributed by atoms with E-state index in [1.54, 1.807) is 24.3 Å². The maximum absolute atomic E-state index is 13.1. The van der Waals surface area contributed by atoms with E-state index in [-0.39, 0.29) is 36.0 Å². The second-order valence-electron chi connectivity index (χ2n) is 7.97. The van der Waals surface area contributed by atoms with Gasteiger partial charge in [0, 0.05) is 36.7 Å². The lowest BCUT2D eigenvalue weighted by atomic mass is 10.2. The van der Waals surface area contributed by atoms with E-state index in [0.29, 0.717) is 17.2 Å². The van der Waals surface area contributed by atoms with Gasteiger partial charge in [0.1, 0.15) is 5.75 Å². The summed E-state index contributed by atoms with van der Waals surface area (Å²) in [6.07, 6.45) is -3.20. The van der Waals surface area contributed by atoms with Crippen molar-refractivity contribution in [2.24, 2.45) is 0 Å². The number of carbonyl (C=O) groups is 1. The highest BCUT2D eigenvalue weighted by Crippen LogP contribution is 2.42. The molecule has 35 heavy (non-hydrogen) atoms. The Kier molecular flexibility index (Phi) is 6.63. The summed E-state index contributed by atoms with van der Waals surface area (Å²) >= 11 is 0. The van der Waals surface area contributed by atoms with Gasteiger partial charge in [0.2, 0.25) is 5.91 Å². The van der Waals surface area contributed by atoms with Crippen molar-refractivity contribution in [1.29, 1.82) is 0 Å². The van der Waals surface area contributed by atoms with E-state index in [2.05, 4.69) is 10.4 Å². The van der Waals surface area contributed by atoms with Crippen LogP contribution >= 0.6 is 0 Å². The number of aryl methyl sites for hydroxylation is 1. The fourth-order valence-corrected chi connectivity index (χ4v) is 3.54. The average Bonchev–Trinajstić information content (AvgIpc) is 3.55. The topological polar surface area (TPSA) is 109 Å². The van der Waals surface area contributed by atoms with Gasteiger partial charge in [0.15, 0.2) is 17.2 Å². The Morgan fingerprint density at radius 3 is 2.54 bits per heavy atom. The van der Waals surface area contributed by atoms with Gasteiger partial charge in [-0.1, -0.05) is 12.1 Å². The fourth-order valence-electron chi connectivity index (χ4n) is 3.54. The number of rotatable bonds is 9. The van der Waals surface area contributed by atoms with Crippen LogP contribution in [0.2, 0.25) is 0 Å². The summed E-state index contributed by atoms with van der Waals surface area (Å²) in [4.78, 5) is 23.3. The molecule has 0 aliphatic heterocycles. The lowest BCUT2D eigenvalue weighted by molar-refractivity contribution is -0.384. The summed E-state index contributed by atoms with van der Waals surface area (Å²) in [6, 6.07) is 11.5. The molecule has 0 saturated heterocycles. The van der Waals surface area contributed by atoms with Crippen LogP contribution in [0.1, 0.15) is 36.6 Å². The number of amides is 1. The predicted octanol–water partition coefficient (Wildman–Crippen LogP) is 5.52. The van der Waals surface area contributed by atoms with Gasteiger partial charge in [-0.2, -0.15) is 18.3 Å². The Bertz CT molecular complexity index is 1250. The first-order valence-corrected chi connectivity index (χ1v) is 10.7. The van der Waals surface area contributed by atoms with E-state index >= 15 is 0 Å². The molecule has 1 aliphatic rings. The molecule has 1 saturated carbocycles. The van der Waals surface area contributed by atoms with Crippen molar-refractivity contribution in [2.45, 2.75) is 37.9 Å². The molecule has 4 rings (SSSR count). The monoisotopic (exact) mass is 490 g/mol. The van der Waals surface area contributed by atoms with E-state index in [0.717, 1.165) is 25.0 Å². The third kappa shape index (κ3) is 5.89. The number of nitrogens with zero attached hydrogens (tertiary/aromatic N) is 3. The van der Waals surface area contributed by atoms with Crippen LogP contribution < -0.4 is 14.8 Å². The number of hydrogen-bond donors (Lipinski definition) is 1. The van der Waals surface area contributed by atoms with Crippen LogP contribution in [0.4, 0.5) is 24.5 Å². The minimum absolute atomic E-state index is 0.00752. The first kappa shape index (κ1) is 24.0. The molecular weight excluding hydrogens is 469 g/mol. The number of nitrogens with one attached hydrogen (secondary N) is 1. The Morgan fingerprint density at radius 2 is 1.91 bits per heavy atom. The quantitative estimate of drug-likeness (QED) is 0.313. The number of aromatic nitrogens is 2. The van der Waals surface area contributed by atoms with Crippen molar-refractivity contribution in [2.75, 3.05) is 12.4 Å². The lowest BCUT2D eigenvalue weighted by Crippen LogP contribution is -2.16. The molecule has 0 atom stereocenters. The van der Waals surface area contributed by atoms with E-state index in [1.165, 1.54) is 23.9 Å². The zero-order valence-corrected chi connectivity index (χ0v) is 18.5.